The van der Waals surface area contributed by atoms with Crippen molar-refractivity contribution in [1.29, 1.82) is 0 Å². The van der Waals surface area contributed by atoms with E-state index in [9.17, 15) is 0 Å². The van der Waals surface area contributed by atoms with Gasteiger partial charge in [0.2, 0.25) is 0 Å². The molecule has 1 aliphatic heterocycles. The highest BCUT2D eigenvalue weighted by Crippen LogP contribution is 2.24. The number of hydrogen-bond donors (Lipinski definition) is 1. The zero-order valence-electron chi connectivity index (χ0n) is 15.5. The summed E-state index contributed by atoms with van der Waals surface area (Å²) in [6, 6.07) is 21.3. The van der Waals surface area contributed by atoms with Crippen LogP contribution in [0, 0.1) is 12.8 Å². The fourth-order valence-electron chi connectivity index (χ4n) is 3.98. The third kappa shape index (κ3) is 4.05. The Bertz CT molecular complexity index is 815. The number of nitrogens with zero attached hydrogens (tertiary/aromatic N) is 2. The van der Waals surface area contributed by atoms with Crippen LogP contribution >= 0.6 is 0 Å². The van der Waals surface area contributed by atoms with Crippen molar-refractivity contribution in [2.75, 3.05) is 13.1 Å². The predicted molar refractivity (Wildman–Crippen MR) is 107 cm³/mol. The lowest BCUT2D eigenvalue weighted by Gasteiger charge is -2.31. The third-order valence-electron chi connectivity index (χ3n) is 5.43. The molecule has 1 aromatic heterocycles. The molecule has 1 aliphatic rings. The molecular weight excluding hydrogens is 318 g/mol. The first-order valence-corrected chi connectivity index (χ1v) is 9.65. The number of aromatic nitrogens is 2. The van der Waals surface area contributed by atoms with Crippen LogP contribution in [0.15, 0.2) is 60.7 Å². The molecule has 0 unspecified atom stereocenters. The summed E-state index contributed by atoms with van der Waals surface area (Å²) in [6.45, 7) is 5.37. The van der Waals surface area contributed by atoms with Gasteiger partial charge in [-0.05, 0) is 50.8 Å². The van der Waals surface area contributed by atoms with Crippen LogP contribution in [-0.2, 0) is 13.0 Å². The second-order valence-corrected chi connectivity index (χ2v) is 7.43. The van der Waals surface area contributed by atoms with E-state index >= 15 is 0 Å². The number of piperidine rings is 1. The molecule has 0 bridgehead atoms. The molecule has 2 aromatic carbocycles. The predicted octanol–water partition coefficient (Wildman–Crippen LogP) is 4.84. The Labute approximate surface area is 156 Å². The molecule has 3 nitrogen and oxygen atoms in total. The van der Waals surface area contributed by atoms with E-state index in [1.165, 1.54) is 30.4 Å². The number of hydrogen-bond acceptors (Lipinski definition) is 2. The van der Waals surface area contributed by atoms with E-state index < -0.39 is 0 Å². The van der Waals surface area contributed by atoms with Gasteiger partial charge in [0.15, 0.2) is 0 Å². The minimum absolute atomic E-state index is 0.812. The summed E-state index contributed by atoms with van der Waals surface area (Å²) in [5.41, 5.74) is 4.90. The Morgan fingerprint density at radius 3 is 2.31 bits per heavy atom. The van der Waals surface area contributed by atoms with E-state index in [1.54, 1.807) is 0 Å². The molecule has 0 aliphatic carbocycles. The first-order chi connectivity index (χ1) is 12.8. The second kappa shape index (κ2) is 7.88. The maximum Gasteiger partial charge on any atom is 0.121 e. The van der Waals surface area contributed by atoms with Gasteiger partial charge in [-0.2, -0.15) is 0 Å². The number of H-pyrrole nitrogens is 1. The lowest BCUT2D eigenvalue weighted by atomic mass is 9.90. The third-order valence-corrected chi connectivity index (χ3v) is 5.43. The largest absolute Gasteiger partial charge is 0.344 e. The van der Waals surface area contributed by atoms with Crippen molar-refractivity contribution in [2.24, 2.45) is 5.92 Å². The van der Waals surface area contributed by atoms with E-state index in [0.717, 1.165) is 42.8 Å². The molecule has 1 fully saturated rings. The maximum atomic E-state index is 4.86. The molecule has 0 radical (unpaired) electrons. The molecule has 3 aromatic rings. The normalized spacial score (nSPS) is 16.0. The molecule has 4 rings (SSSR count). The van der Waals surface area contributed by atoms with Crippen LogP contribution < -0.4 is 0 Å². The van der Waals surface area contributed by atoms with Gasteiger partial charge in [0.25, 0.3) is 0 Å². The Morgan fingerprint density at radius 1 is 0.962 bits per heavy atom. The first-order valence-electron chi connectivity index (χ1n) is 9.65. The lowest BCUT2D eigenvalue weighted by Crippen LogP contribution is -2.34. The van der Waals surface area contributed by atoms with Gasteiger partial charge in [-0.15, -0.1) is 0 Å². The van der Waals surface area contributed by atoms with E-state index in [2.05, 4.69) is 71.4 Å². The van der Waals surface area contributed by atoms with Crippen LogP contribution in [0.5, 0.6) is 0 Å². The molecule has 1 N–H and O–H groups in total. The van der Waals surface area contributed by atoms with Crippen LogP contribution in [0.1, 0.15) is 29.9 Å². The fourth-order valence-corrected chi connectivity index (χ4v) is 3.98. The summed E-state index contributed by atoms with van der Waals surface area (Å²) in [5, 5.41) is 0. The van der Waals surface area contributed by atoms with Gasteiger partial charge in [-0.1, -0.05) is 60.7 Å². The number of rotatable bonds is 5. The monoisotopic (exact) mass is 345 g/mol. The number of aryl methyl sites for hydroxylation is 1. The number of benzene rings is 2. The van der Waals surface area contributed by atoms with Crippen LogP contribution in [-0.4, -0.2) is 28.0 Å². The summed E-state index contributed by atoms with van der Waals surface area (Å²) in [5.74, 6) is 1.90. The standard InChI is InChI=1S/C23H27N3/c1-18-23(21-10-6-3-7-11-21)25-22(24-18)17-26-14-12-20(13-15-26)16-19-8-4-2-5-9-19/h2-11,20H,12-17H2,1H3,(H,24,25). The molecule has 26 heavy (non-hydrogen) atoms. The Balaban J connectivity index is 1.33. The number of nitrogens with one attached hydrogen (secondary N) is 1. The average Bonchev–Trinajstić information content (AvgIpc) is 3.05. The molecule has 3 heteroatoms. The zero-order valence-corrected chi connectivity index (χ0v) is 15.5. The quantitative estimate of drug-likeness (QED) is 0.717. The highest BCUT2D eigenvalue weighted by molar-refractivity contribution is 5.61. The van der Waals surface area contributed by atoms with Gasteiger partial charge < -0.3 is 4.98 Å². The average molecular weight is 345 g/mol. The topological polar surface area (TPSA) is 31.9 Å². The Morgan fingerprint density at radius 2 is 1.62 bits per heavy atom. The van der Waals surface area contributed by atoms with Crippen molar-refractivity contribution in [2.45, 2.75) is 32.7 Å². The van der Waals surface area contributed by atoms with Gasteiger partial charge in [0, 0.05) is 11.3 Å². The smallest absolute Gasteiger partial charge is 0.121 e. The van der Waals surface area contributed by atoms with Crippen molar-refractivity contribution in [3.63, 3.8) is 0 Å². The van der Waals surface area contributed by atoms with Crippen molar-refractivity contribution in [3.05, 3.63) is 77.7 Å². The summed E-state index contributed by atoms with van der Waals surface area (Å²) in [6.07, 6.45) is 3.77. The van der Waals surface area contributed by atoms with E-state index in [4.69, 9.17) is 4.98 Å². The zero-order chi connectivity index (χ0) is 17.8. The molecule has 1 saturated heterocycles. The van der Waals surface area contributed by atoms with E-state index in [0.29, 0.717) is 0 Å². The van der Waals surface area contributed by atoms with Gasteiger partial charge >= 0.3 is 0 Å². The molecule has 0 amide bonds. The van der Waals surface area contributed by atoms with Gasteiger partial charge in [-0.25, -0.2) is 4.98 Å². The van der Waals surface area contributed by atoms with Crippen molar-refractivity contribution >= 4 is 0 Å². The number of imidazole rings is 1. The Kier molecular flexibility index (Phi) is 5.16. The molecule has 0 saturated carbocycles. The Hall–Kier alpha value is -2.39. The molecular formula is C23H27N3. The summed E-state index contributed by atoms with van der Waals surface area (Å²) in [4.78, 5) is 10.9. The summed E-state index contributed by atoms with van der Waals surface area (Å²) >= 11 is 0. The highest BCUT2D eigenvalue weighted by Gasteiger charge is 2.20. The minimum Gasteiger partial charge on any atom is -0.344 e. The van der Waals surface area contributed by atoms with Crippen molar-refractivity contribution in [1.82, 2.24) is 14.9 Å². The van der Waals surface area contributed by atoms with Gasteiger partial charge in [0.1, 0.15) is 5.82 Å². The van der Waals surface area contributed by atoms with E-state index in [1.807, 2.05) is 6.07 Å². The lowest BCUT2D eigenvalue weighted by molar-refractivity contribution is 0.174. The molecule has 134 valence electrons. The number of likely N-dealkylation sites (tertiary alicyclic amines) is 1. The van der Waals surface area contributed by atoms with Crippen molar-refractivity contribution < 1.29 is 0 Å². The maximum absolute atomic E-state index is 4.86. The second-order valence-electron chi connectivity index (χ2n) is 7.43. The fraction of sp³-hybridized carbons (Fsp3) is 0.348. The van der Waals surface area contributed by atoms with Crippen LogP contribution in [0.4, 0.5) is 0 Å². The molecule has 0 spiro atoms. The van der Waals surface area contributed by atoms with Crippen LogP contribution in [0.25, 0.3) is 11.3 Å². The minimum atomic E-state index is 0.812. The summed E-state index contributed by atoms with van der Waals surface area (Å²) in [7, 11) is 0. The van der Waals surface area contributed by atoms with E-state index in [-0.39, 0.29) is 0 Å². The molecule has 2 heterocycles. The van der Waals surface area contributed by atoms with Crippen LogP contribution in [0.3, 0.4) is 0 Å². The van der Waals surface area contributed by atoms with Crippen molar-refractivity contribution in [3.8, 4) is 11.3 Å². The van der Waals surface area contributed by atoms with Gasteiger partial charge in [-0.3, -0.25) is 4.90 Å². The van der Waals surface area contributed by atoms with Gasteiger partial charge in [0.05, 0.1) is 12.2 Å². The number of aromatic amines is 1. The SMILES string of the molecule is Cc1[nH]c(CN2CCC(Cc3ccccc3)CC2)nc1-c1ccccc1. The highest BCUT2D eigenvalue weighted by atomic mass is 15.2. The first kappa shape index (κ1) is 17.0. The summed E-state index contributed by atoms with van der Waals surface area (Å²) < 4.78 is 0. The molecule has 0 atom stereocenters. The van der Waals surface area contributed by atoms with Crippen LogP contribution in [0.2, 0.25) is 0 Å².